The number of unbranched alkanes of at least 4 members (excludes halogenated alkanes) is 15. The maximum Gasteiger partial charge on any atom is 0.303 e. The molecule has 1 atom stereocenters. The van der Waals surface area contributed by atoms with Crippen molar-refractivity contribution in [1.82, 2.24) is 15.5 Å². The van der Waals surface area contributed by atoms with Crippen molar-refractivity contribution in [3.05, 3.63) is 0 Å². The average molecular weight is 810 g/mol. The van der Waals surface area contributed by atoms with E-state index in [1.807, 2.05) is 6.92 Å². The molecule has 0 spiro atoms. The highest BCUT2D eigenvalue weighted by molar-refractivity contribution is 8.00. The lowest BCUT2D eigenvalue weighted by atomic mass is 10.0. The van der Waals surface area contributed by atoms with Gasteiger partial charge < -0.3 is 30.3 Å². The van der Waals surface area contributed by atoms with Crippen molar-refractivity contribution >= 4 is 47.8 Å². The molecular weight excluding hydrogens is 734 g/mol. The molecule has 0 aromatic rings. The minimum absolute atomic E-state index is 0.0129. The molecule has 4 N–H and O–H groups in total. The summed E-state index contributed by atoms with van der Waals surface area (Å²) in [4.78, 5) is 68.1. The number of thioether (sulfide) groups is 1. The first-order chi connectivity index (χ1) is 26.7. The van der Waals surface area contributed by atoms with Crippen LogP contribution in [0.25, 0.3) is 0 Å². The fraction of sp³-hybridized carbons (Fsp3) is 0.850. The van der Waals surface area contributed by atoms with Crippen LogP contribution in [0.1, 0.15) is 156 Å². The van der Waals surface area contributed by atoms with E-state index in [2.05, 4.69) is 24.5 Å². The number of aliphatic carboxylic acids is 1. The summed E-state index contributed by atoms with van der Waals surface area (Å²) in [5.41, 5.74) is 0. The van der Waals surface area contributed by atoms with E-state index in [0.717, 1.165) is 37.9 Å². The third kappa shape index (κ3) is 40.7. The molecule has 324 valence electrons. The van der Waals surface area contributed by atoms with Crippen molar-refractivity contribution in [1.29, 1.82) is 0 Å². The second kappa shape index (κ2) is 45.6. The van der Waals surface area contributed by atoms with Crippen LogP contribution in [0.3, 0.4) is 0 Å². The van der Waals surface area contributed by atoms with Crippen molar-refractivity contribution < 1.29 is 52.8 Å². The maximum atomic E-state index is 12.7. The van der Waals surface area contributed by atoms with Crippen LogP contribution >= 0.6 is 11.8 Å². The number of rotatable bonds is 33. The van der Waals surface area contributed by atoms with Gasteiger partial charge in [-0.15, -0.1) is 11.8 Å². The maximum absolute atomic E-state index is 12.7. The Hall–Kier alpha value is -2.78. The summed E-state index contributed by atoms with van der Waals surface area (Å²) in [6.45, 7) is 8.05. The molecule has 0 aliphatic carbocycles. The van der Waals surface area contributed by atoms with Crippen LogP contribution in [0.5, 0.6) is 0 Å². The predicted octanol–water partition coefficient (Wildman–Crippen LogP) is 7.33. The number of likely N-dealkylation sites (tertiary alicyclic amines) is 1. The van der Waals surface area contributed by atoms with Crippen molar-refractivity contribution in [2.45, 2.75) is 161 Å². The number of amides is 4. The number of nitrogens with zero attached hydrogens (tertiary/aromatic N) is 1. The summed E-state index contributed by atoms with van der Waals surface area (Å²) in [6, 6.07) is 0. The van der Waals surface area contributed by atoms with Crippen molar-refractivity contribution in [2.24, 2.45) is 0 Å². The van der Waals surface area contributed by atoms with Gasteiger partial charge in [0.05, 0.1) is 32.2 Å². The van der Waals surface area contributed by atoms with Gasteiger partial charge in [-0.25, -0.2) is 0 Å². The van der Waals surface area contributed by atoms with Crippen LogP contribution in [0.4, 0.5) is 4.39 Å². The van der Waals surface area contributed by atoms with Crippen LogP contribution in [0.2, 0.25) is 0 Å². The molecule has 1 aliphatic heterocycles. The first kappa shape index (κ1) is 56.6. The quantitative estimate of drug-likeness (QED) is 0.0295. The highest BCUT2D eigenvalue weighted by atomic mass is 32.2. The molecule has 1 rings (SSSR count). The molecule has 1 fully saturated rings. The van der Waals surface area contributed by atoms with Crippen molar-refractivity contribution in [2.75, 3.05) is 59.0 Å². The highest BCUT2D eigenvalue weighted by Gasteiger charge is 2.38. The highest BCUT2D eigenvalue weighted by Crippen LogP contribution is 2.26. The number of hydrogen-bond donors (Lipinski definition) is 4. The Labute approximate surface area is 335 Å². The summed E-state index contributed by atoms with van der Waals surface area (Å²) in [6.07, 6.45) is 23.0. The van der Waals surface area contributed by atoms with Crippen molar-refractivity contribution in [3.8, 4) is 0 Å². The van der Waals surface area contributed by atoms with E-state index in [4.69, 9.17) is 24.5 Å². The average Bonchev–Trinajstić information content (AvgIpc) is 3.44. The lowest BCUT2D eigenvalue weighted by molar-refractivity contribution is -0.139. The first-order valence-electron chi connectivity index (χ1n) is 20.5. The minimum atomic E-state index is -0.711. The lowest BCUT2D eigenvalue weighted by Crippen LogP contribution is -2.36. The molecule has 13 nitrogen and oxygen atoms in total. The molecule has 55 heavy (non-hydrogen) atoms. The van der Waals surface area contributed by atoms with E-state index in [1.165, 1.54) is 88.4 Å². The normalized spacial score (nSPS) is 13.1. The summed E-state index contributed by atoms with van der Waals surface area (Å²) in [5, 5.41) is 20.1. The molecule has 1 saturated heterocycles. The topological polar surface area (TPSA) is 189 Å². The first-order valence-corrected chi connectivity index (χ1v) is 21.5. The number of halogens is 1. The standard InChI is InChI=1S/C34H63N3O6S.C4H8O2.CH3F.CH2O2/c1-3-5-7-8-9-10-11-12-13-14-15-16-17-19-27-44-30-28-33(40)37(34(30)41)23-20-31(38)36-22-24-42-25-26-43-29-32(39)35-21-18-6-4-2;1-2-3-4(5)6;1-2;2-1-3/h30H,3-29H2,1-2H3,(H,35,39)(H,36,38);2-3H2,1H3,(H,5,6);1H3;1H,(H,2,3). The predicted molar refractivity (Wildman–Crippen MR) is 218 cm³/mol. The number of carboxylic acid groups (broad SMARTS) is 2. The fourth-order valence-corrected chi connectivity index (χ4v) is 6.54. The Morgan fingerprint density at radius 1 is 0.727 bits per heavy atom. The number of imide groups is 1. The van der Waals surface area contributed by atoms with Gasteiger partial charge in [0.2, 0.25) is 23.6 Å². The van der Waals surface area contributed by atoms with Gasteiger partial charge in [0.1, 0.15) is 6.61 Å². The molecule has 4 amide bonds. The van der Waals surface area contributed by atoms with Crippen LogP contribution < -0.4 is 10.6 Å². The monoisotopic (exact) mass is 810 g/mol. The lowest BCUT2D eigenvalue weighted by Gasteiger charge is -2.15. The van der Waals surface area contributed by atoms with Gasteiger partial charge in [-0.1, -0.05) is 117 Å². The minimum Gasteiger partial charge on any atom is -0.483 e. The van der Waals surface area contributed by atoms with Crippen LogP contribution in [0, 0.1) is 0 Å². The SMILES string of the molecule is CCCC(=O)O.CCCCCCCCCCCCCCCCSC1CC(=O)N(CCC(=O)NCCOCCOCC(=O)NCCCCC)C1=O.CF.O=CO. The van der Waals surface area contributed by atoms with Crippen LogP contribution in [-0.4, -0.2) is 115 Å². The zero-order valence-electron chi connectivity index (χ0n) is 34.6. The van der Waals surface area contributed by atoms with E-state index in [9.17, 15) is 28.4 Å². The second-order valence-electron chi connectivity index (χ2n) is 13.1. The Bertz CT molecular complexity index is 949. The van der Waals surface area contributed by atoms with Gasteiger partial charge in [0.25, 0.3) is 6.47 Å². The van der Waals surface area contributed by atoms with Crippen LogP contribution in [0.15, 0.2) is 0 Å². The number of carboxylic acids is 1. The molecule has 1 heterocycles. The zero-order valence-corrected chi connectivity index (χ0v) is 35.4. The third-order valence-electron chi connectivity index (χ3n) is 8.32. The molecule has 15 heteroatoms. The van der Waals surface area contributed by atoms with Crippen LogP contribution in [-0.2, 0) is 38.2 Å². The number of hydrogen-bond acceptors (Lipinski definition) is 9. The molecule has 0 radical (unpaired) electrons. The Morgan fingerprint density at radius 3 is 1.73 bits per heavy atom. The number of alkyl halides is 1. The van der Waals surface area contributed by atoms with E-state index >= 15 is 0 Å². The summed E-state index contributed by atoms with van der Waals surface area (Å²) >= 11 is 1.59. The summed E-state index contributed by atoms with van der Waals surface area (Å²) in [5.74, 6) is -0.498. The van der Waals surface area contributed by atoms with E-state index in [0.29, 0.717) is 46.5 Å². The van der Waals surface area contributed by atoms with E-state index < -0.39 is 5.97 Å². The summed E-state index contributed by atoms with van der Waals surface area (Å²) < 4.78 is 20.2. The number of carbonyl (C=O) groups is 6. The molecule has 1 aliphatic rings. The fourth-order valence-electron chi connectivity index (χ4n) is 5.36. The molecule has 0 aromatic heterocycles. The Morgan fingerprint density at radius 2 is 1.22 bits per heavy atom. The molecule has 0 saturated carbocycles. The second-order valence-corrected chi connectivity index (χ2v) is 14.4. The molecule has 1 unspecified atom stereocenters. The van der Waals surface area contributed by atoms with Gasteiger partial charge in [-0.3, -0.25) is 38.1 Å². The summed E-state index contributed by atoms with van der Waals surface area (Å²) in [7, 11) is 0.500. The van der Waals surface area contributed by atoms with E-state index in [-0.39, 0.29) is 61.3 Å². The largest absolute Gasteiger partial charge is 0.483 e. The van der Waals surface area contributed by atoms with Crippen molar-refractivity contribution in [3.63, 3.8) is 0 Å². The zero-order chi connectivity index (χ0) is 41.8. The number of carbonyl (C=O) groups excluding carboxylic acids is 4. The van der Waals surface area contributed by atoms with E-state index in [1.54, 1.807) is 11.8 Å². The Balaban J connectivity index is -0.00000216. The third-order valence-corrected chi connectivity index (χ3v) is 9.62. The van der Waals surface area contributed by atoms with Gasteiger partial charge in [0, 0.05) is 38.9 Å². The molecular formula is C40H76FN3O10S. The molecule has 0 bridgehead atoms. The van der Waals surface area contributed by atoms with Gasteiger partial charge >= 0.3 is 5.97 Å². The Kier molecular flexibility index (Phi) is 46.9. The van der Waals surface area contributed by atoms with Gasteiger partial charge in [-0.2, -0.15) is 0 Å². The smallest absolute Gasteiger partial charge is 0.303 e. The molecule has 0 aromatic carbocycles. The number of ether oxygens (including phenoxy) is 2. The van der Waals surface area contributed by atoms with Gasteiger partial charge in [-0.05, 0) is 25.0 Å². The number of nitrogens with one attached hydrogen (secondary N) is 2. The van der Waals surface area contributed by atoms with Gasteiger partial charge in [0.15, 0.2) is 0 Å².